The summed E-state index contributed by atoms with van der Waals surface area (Å²) in [5.74, 6) is -1.90. The van der Waals surface area contributed by atoms with Gasteiger partial charge in [-0.2, -0.15) is 0 Å². The summed E-state index contributed by atoms with van der Waals surface area (Å²) in [5, 5.41) is 35.0. The van der Waals surface area contributed by atoms with Gasteiger partial charge in [0.25, 0.3) is 5.97 Å². The maximum atomic E-state index is 10.4. The molecule has 0 heterocycles. The van der Waals surface area contributed by atoms with E-state index in [1.54, 1.807) is 0 Å². The molecule has 1 saturated carbocycles. The van der Waals surface area contributed by atoms with Crippen molar-refractivity contribution < 1.29 is 25.2 Å². The van der Waals surface area contributed by atoms with Crippen LogP contribution in [0.25, 0.3) is 0 Å². The number of carboxylic acid groups (broad SMARTS) is 1. The summed E-state index contributed by atoms with van der Waals surface area (Å²) in [6.45, 7) is 0. The first kappa shape index (κ1) is 21.9. The first-order valence-corrected chi connectivity index (χ1v) is 9.59. The average molecular weight is 354 g/mol. The van der Waals surface area contributed by atoms with Gasteiger partial charge in [-0.25, -0.2) is 0 Å². The molecule has 25 heavy (non-hydrogen) atoms. The lowest BCUT2D eigenvalue weighted by Gasteiger charge is -2.14. The van der Waals surface area contributed by atoms with E-state index in [2.05, 4.69) is 24.3 Å². The van der Waals surface area contributed by atoms with Crippen LogP contribution in [0, 0.1) is 11.8 Å². The van der Waals surface area contributed by atoms with Crippen molar-refractivity contribution in [2.45, 2.75) is 83.0 Å². The maximum Gasteiger partial charge on any atom is 0.303 e. The Hall–Kier alpha value is -1.17. The van der Waals surface area contributed by atoms with Crippen molar-refractivity contribution in [2.75, 3.05) is 0 Å². The fourth-order valence-electron chi connectivity index (χ4n) is 3.44. The van der Waals surface area contributed by atoms with Crippen LogP contribution in [-0.2, 0) is 4.79 Å². The number of allylic oxidation sites excluding steroid dienone is 4. The summed E-state index contributed by atoms with van der Waals surface area (Å²) in [6.07, 6.45) is 19.0. The molecule has 0 saturated heterocycles. The first-order valence-electron chi connectivity index (χ1n) is 9.59. The number of aliphatic carboxylic acids is 1. The third kappa shape index (κ3) is 11.9. The van der Waals surface area contributed by atoms with Gasteiger partial charge >= 0.3 is 5.97 Å². The molecule has 5 nitrogen and oxygen atoms in total. The fourth-order valence-corrected chi connectivity index (χ4v) is 3.44. The molecule has 144 valence electrons. The zero-order chi connectivity index (χ0) is 18.5. The van der Waals surface area contributed by atoms with E-state index >= 15 is 0 Å². The molecule has 0 amide bonds. The molecule has 0 unspecified atom stereocenters. The number of carbonyl (C=O) groups is 1. The minimum Gasteiger partial charge on any atom is -0.481 e. The minimum atomic E-state index is -2.52. The summed E-state index contributed by atoms with van der Waals surface area (Å²) in [7, 11) is 0. The Morgan fingerprint density at radius 2 is 1.72 bits per heavy atom. The van der Waals surface area contributed by atoms with Crippen molar-refractivity contribution in [3.8, 4) is 0 Å². The summed E-state index contributed by atoms with van der Waals surface area (Å²) in [4.78, 5) is 10.4. The smallest absolute Gasteiger partial charge is 0.303 e. The minimum absolute atomic E-state index is 0.000211. The Morgan fingerprint density at radius 1 is 0.960 bits per heavy atom. The molecule has 0 aromatic rings. The molecule has 0 bridgehead atoms. The molecular weight excluding hydrogens is 320 g/mol. The lowest BCUT2D eigenvalue weighted by molar-refractivity contribution is -0.315. The largest absolute Gasteiger partial charge is 0.481 e. The van der Waals surface area contributed by atoms with Crippen molar-refractivity contribution in [1.82, 2.24) is 0 Å². The molecule has 1 rings (SSSR count). The van der Waals surface area contributed by atoms with Crippen LogP contribution in [0.4, 0.5) is 0 Å². The van der Waals surface area contributed by atoms with E-state index in [0.717, 1.165) is 32.1 Å². The maximum absolute atomic E-state index is 10.4. The van der Waals surface area contributed by atoms with E-state index in [4.69, 9.17) is 20.4 Å². The lowest BCUT2D eigenvalue weighted by Crippen LogP contribution is -2.26. The van der Waals surface area contributed by atoms with Gasteiger partial charge in [-0.05, 0) is 63.2 Å². The SMILES string of the molecule is O=C(O)CCC/C=C\C[C@H]1CCC[C@@H]1/C=C/CCCCCC(O)(O)O. The second-order valence-corrected chi connectivity index (χ2v) is 7.15. The lowest BCUT2D eigenvalue weighted by atomic mass is 9.92. The number of rotatable bonds is 13. The van der Waals surface area contributed by atoms with Gasteiger partial charge in [0, 0.05) is 12.8 Å². The normalized spacial score (nSPS) is 21.6. The third-order valence-electron chi connectivity index (χ3n) is 4.85. The van der Waals surface area contributed by atoms with Gasteiger partial charge in [0.15, 0.2) is 0 Å². The predicted octanol–water partition coefficient (Wildman–Crippen LogP) is 3.74. The second-order valence-electron chi connectivity index (χ2n) is 7.15. The van der Waals surface area contributed by atoms with Crippen LogP contribution >= 0.6 is 0 Å². The molecule has 0 spiro atoms. The molecule has 5 heteroatoms. The van der Waals surface area contributed by atoms with Crippen LogP contribution in [0.3, 0.4) is 0 Å². The zero-order valence-corrected chi connectivity index (χ0v) is 15.1. The van der Waals surface area contributed by atoms with E-state index in [-0.39, 0.29) is 12.8 Å². The van der Waals surface area contributed by atoms with Gasteiger partial charge in [-0.15, -0.1) is 0 Å². The monoisotopic (exact) mass is 354 g/mol. The van der Waals surface area contributed by atoms with Crippen molar-refractivity contribution in [3.63, 3.8) is 0 Å². The summed E-state index contributed by atoms with van der Waals surface area (Å²) < 4.78 is 0. The standard InChI is InChI=1S/C20H34O5/c21-19(22)15-8-4-3-7-12-18-14-10-13-17(18)11-6-2-1-5-9-16-20(23,24)25/h3,6-7,11,17-18,23-25H,1-2,4-5,8-10,12-16H2,(H,21,22)/b7-3-,11-6+/t17-,18-/m0/s1. The molecule has 1 aliphatic rings. The molecular formula is C20H34O5. The highest BCUT2D eigenvalue weighted by molar-refractivity contribution is 5.66. The van der Waals surface area contributed by atoms with Crippen molar-refractivity contribution >= 4 is 5.97 Å². The Morgan fingerprint density at radius 3 is 2.44 bits per heavy atom. The van der Waals surface area contributed by atoms with Gasteiger partial charge in [0.05, 0.1) is 0 Å². The zero-order valence-electron chi connectivity index (χ0n) is 15.1. The topological polar surface area (TPSA) is 98.0 Å². The Bertz CT molecular complexity index is 422. The molecule has 0 aliphatic heterocycles. The predicted molar refractivity (Wildman–Crippen MR) is 97.7 cm³/mol. The number of carboxylic acids is 1. The van der Waals surface area contributed by atoms with E-state index in [0.29, 0.717) is 24.7 Å². The highest BCUT2D eigenvalue weighted by Gasteiger charge is 2.23. The molecule has 1 aliphatic carbocycles. The molecule has 1 fully saturated rings. The van der Waals surface area contributed by atoms with Crippen LogP contribution in [0.1, 0.15) is 77.0 Å². The molecule has 4 N–H and O–H groups in total. The Labute approximate surface area is 151 Å². The Balaban J connectivity index is 2.13. The molecule has 0 aromatic heterocycles. The van der Waals surface area contributed by atoms with Gasteiger partial charge in [-0.1, -0.05) is 37.1 Å². The van der Waals surface area contributed by atoms with E-state index in [1.807, 2.05) is 0 Å². The Kier molecular flexibility index (Phi) is 10.7. The summed E-state index contributed by atoms with van der Waals surface area (Å²) in [6, 6.07) is 0. The number of hydrogen-bond donors (Lipinski definition) is 4. The quantitative estimate of drug-likeness (QED) is 0.229. The molecule has 0 aromatic carbocycles. The van der Waals surface area contributed by atoms with Gasteiger partial charge in [-0.3, -0.25) is 4.79 Å². The number of aliphatic hydroxyl groups is 3. The van der Waals surface area contributed by atoms with Crippen LogP contribution in [0.5, 0.6) is 0 Å². The third-order valence-corrected chi connectivity index (χ3v) is 4.85. The van der Waals surface area contributed by atoms with Gasteiger partial charge in [0.2, 0.25) is 0 Å². The van der Waals surface area contributed by atoms with Crippen LogP contribution in [0.2, 0.25) is 0 Å². The van der Waals surface area contributed by atoms with E-state index in [1.165, 1.54) is 19.3 Å². The number of hydrogen-bond acceptors (Lipinski definition) is 4. The summed E-state index contributed by atoms with van der Waals surface area (Å²) >= 11 is 0. The van der Waals surface area contributed by atoms with Crippen molar-refractivity contribution in [3.05, 3.63) is 24.3 Å². The van der Waals surface area contributed by atoms with Gasteiger partial charge in [0.1, 0.15) is 0 Å². The van der Waals surface area contributed by atoms with Gasteiger partial charge < -0.3 is 20.4 Å². The first-order chi connectivity index (χ1) is 11.9. The average Bonchev–Trinajstić information content (AvgIpc) is 2.96. The fraction of sp³-hybridized carbons (Fsp3) is 0.750. The van der Waals surface area contributed by atoms with Crippen molar-refractivity contribution in [1.29, 1.82) is 0 Å². The molecule has 0 radical (unpaired) electrons. The van der Waals surface area contributed by atoms with Crippen LogP contribution < -0.4 is 0 Å². The van der Waals surface area contributed by atoms with E-state index < -0.39 is 11.9 Å². The highest BCUT2D eigenvalue weighted by Crippen LogP contribution is 2.35. The highest BCUT2D eigenvalue weighted by atomic mass is 16.7. The van der Waals surface area contributed by atoms with Crippen LogP contribution in [0.15, 0.2) is 24.3 Å². The van der Waals surface area contributed by atoms with Crippen molar-refractivity contribution in [2.24, 2.45) is 11.8 Å². The summed E-state index contributed by atoms with van der Waals surface area (Å²) in [5.41, 5.74) is 0. The number of unbranched alkanes of at least 4 members (excludes halogenated alkanes) is 4. The van der Waals surface area contributed by atoms with E-state index in [9.17, 15) is 4.79 Å². The molecule has 2 atom stereocenters. The second kappa shape index (κ2) is 12.2. The van der Waals surface area contributed by atoms with Crippen LogP contribution in [-0.4, -0.2) is 32.4 Å².